The van der Waals surface area contributed by atoms with Gasteiger partial charge >= 0.3 is 0 Å². The number of hydrogen-bond acceptors (Lipinski definition) is 5. The maximum Gasteiger partial charge on any atom is 0.256 e. The molecule has 0 saturated carbocycles. The number of benzene rings is 2. The predicted octanol–water partition coefficient (Wildman–Crippen LogP) is 2.99. The second kappa shape index (κ2) is 9.93. The van der Waals surface area contributed by atoms with Gasteiger partial charge < -0.3 is 15.0 Å². The predicted molar refractivity (Wildman–Crippen MR) is 119 cm³/mol. The molecule has 9 heteroatoms. The largest absolute Gasteiger partial charge is 0.378 e. The molecule has 1 N–H and O–H groups in total. The SMILES string of the molecule is COCc1cn(-c2ccccc2C(=O)N2CCC[C@H]2C(=O)NCc2ccc(Cl)cc2)nn1. The van der Waals surface area contributed by atoms with Crippen molar-refractivity contribution in [2.24, 2.45) is 0 Å². The average molecular weight is 454 g/mol. The van der Waals surface area contributed by atoms with Crippen molar-refractivity contribution in [3.8, 4) is 5.69 Å². The Kier molecular flexibility index (Phi) is 6.82. The number of para-hydroxylation sites is 1. The molecule has 1 aliphatic heterocycles. The van der Waals surface area contributed by atoms with E-state index in [9.17, 15) is 9.59 Å². The third-order valence-corrected chi connectivity index (χ3v) is 5.66. The first-order chi connectivity index (χ1) is 15.6. The highest BCUT2D eigenvalue weighted by molar-refractivity contribution is 6.30. The van der Waals surface area contributed by atoms with Crippen LogP contribution in [0, 0.1) is 0 Å². The second-order valence-electron chi connectivity index (χ2n) is 7.61. The minimum Gasteiger partial charge on any atom is -0.378 e. The van der Waals surface area contributed by atoms with Gasteiger partial charge in [0.05, 0.1) is 24.1 Å². The first-order valence-electron chi connectivity index (χ1n) is 10.4. The normalized spacial score (nSPS) is 15.7. The molecule has 0 radical (unpaired) electrons. The van der Waals surface area contributed by atoms with Crippen molar-refractivity contribution in [1.82, 2.24) is 25.2 Å². The van der Waals surface area contributed by atoms with Crippen molar-refractivity contribution in [1.29, 1.82) is 0 Å². The monoisotopic (exact) mass is 453 g/mol. The van der Waals surface area contributed by atoms with Gasteiger partial charge in [-0.2, -0.15) is 0 Å². The molecule has 8 nitrogen and oxygen atoms in total. The molecule has 1 saturated heterocycles. The summed E-state index contributed by atoms with van der Waals surface area (Å²) in [7, 11) is 1.59. The smallest absolute Gasteiger partial charge is 0.256 e. The zero-order valence-electron chi connectivity index (χ0n) is 17.7. The molecule has 0 spiro atoms. The highest BCUT2D eigenvalue weighted by atomic mass is 35.5. The number of carbonyl (C=O) groups excluding carboxylic acids is 2. The third-order valence-electron chi connectivity index (χ3n) is 5.41. The molecule has 2 heterocycles. The summed E-state index contributed by atoms with van der Waals surface area (Å²) in [5.74, 6) is -0.361. The van der Waals surface area contributed by atoms with E-state index in [1.54, 1.807) is 47.2 Å². The van der Waals surface area contributed by atoms with Gasteiger partial charge in [0.2, 0.25) is 5.91 Å². The summed E-state index contributed by atoms with van der Waals surface area (Å²) >= 11 is 5.92. The second-order valence-corrected chi connectivity index (χ2v) is 8.04. The quantitative estimate of drug-likeness (QED) is 0.594. The van der Waals surface area contributed by atoms with E-state index in [1.807, 2.05) is 24.3 Å². The number of amides is 2. The number of ether oxygens (including phenoxy) is 1. The highest BCUT2D eigenvalue weighted by Gasteiger charge is 2.35. The number of likely N-dealkylation sites (tertiary alicyclic amines) is 1. The summed E-state index contributed by atoms with van der Waals surface area (Å²) < 4.78 is 6.66. The molecule has 0 aliphatic carbocycles. The van der Waals surface area contributed by atoms with Crippen LogP contribution in [0.4, 0.5) is 0 Å². The minimum atomic E-state index is -0.511. The third kappa shape index (κ3) is 4.81. The Morgan fingerprint density at radius 3 is 2.75 bits per heavy atom. The number of hydrogen-bond donors (Lipinski definition) is 1. The van der Waals surface area contributed by atoms with Gasteiger partial charge in [0.25, 0.3) is 5.91 Å². The number of aromatic nitrogens is 3. The minimum absolute atomic E-state index is 0.161. The van der Waals surface area contributed by atoms with Crippen LogP contribution in [-0.2, 0) is 22.7 Å². The van der Waals surface area contributed by atoms with Crippen LogP contribution in [0.15, 0.2) is 54.7 Å². The summed E-state index contributed by atoms with van der Waals surface area (Å²) in [6.07, 6.45) is 3.13. The summed E-state index contributed by atoms with van der Waals surface area (Å²) in [4.78, 5) is 28.0. The molecule has 1 aromatic heterocycles. The number of halogens is 1. The zero-order chi connectivity index (χ0) is 22.5. The van der Waals surface area contributed by atoms with Crippen LogP contribution < -0.4 is 5.32 Å². The van der Waals surface area contributed by atoms with Crippen molar-refractivity contribution < 1.29 is 14.3 Å². The summed E-state index contributed by atoms with van der Waals surface area (Å²) in [5, 5.41) is 11.8. The summed E-state index contributed by atoms with van der Waals surface area (Å²) in [6.45, 7) is 1.24. The zero-order valence-corrected chi connectivity index (χ0v) is 18.5. The van der Waals surface area contributed by atoms with Crippen molar-refractivity contribution >= 4 is 23.4 Å². The molecule has 3 aromatic rings. The van der Waals surface area contributed by atoms with E-state index in [-0.39, 0.29) is 11.8 Å². The number of carbonyl (C=O) groups is 2. The molecule has 2 aromatic carbocycles. The fourth-order valence-corrected chi connectivity index (χ4v) is 3.96. The summed E-state index contributed by atoms with van der Waals surface area (Å²) in [6, 6.07) is 14.0. The van der Waals surface area contributed by atoms with Crippen LogP contribution in [0.3, 0.4) is 0 Å². The Morgan fingerprint density at radius 1 is 1.19 bits per heavy atom. The number of nitrogens with one attached hydrogen (secondary N) is 1. The molecule has 166 valence electrons. The molecule has 1 fully saturated rings. The van der Waals surface area contributed by atoms with Gasteiger partial charge in [0.15, 0.2) is 0 Å². The molecule has 0 unspecified atom stereocenters. The van der Waals surface area contributed by atoms with Crippen molar-refractivity contribution in [3.05, 3.63) is 76.6 Å². The van der Waals surface area contributed by atoms with Crippen LogP contribution in [0.2, 0.25) is 5.02 Å². The van der Waals surface area contributed by atoms with Crippen molar-refractivity contribution in [2.75, 3.05) is 13.7 Å². The van der Waals surface area contributed by atoms with Gasteiger partial charge in [-0.3, -0.25) is 9.59 Å². The van der Waals surface area contributed by atoms with E-state index in [4.69, 9.17) is 16.3 Å². The van der Waals surface area contributed by atoms with Crippen LogP contribution in [-0.4, -0.2) is 51.4 Å². The van der Waals surface area contributed by atoms with Crippen LogP contribution in [0.1, 0.15) is 34.5 Å². The van der Waals surface area contributed by atoms with Gasteiger partial charge in [-0.1, -0.05) is 41.1 Å². The van der Waals surface area contributed by atoms with E-state index in [0.29, 0.717) is 48.1 Å². The lowest BCUT2D eigenvalue weighted by molar-refractivity contribution is -0.125. The fraction of sp³-hybridized carbons (Fsp3) is 0.304. The van der Waals surface area contributed by atoms with Gasteiger partial charge in [0, 0.05) is 25.2 Å². The lowest BCUT2D eigenvalue weighted by atomic mass is 10.1. The topological polar surface area (TPSA) is 89.4 Å². The summed E-state index contributed by atoms with van der Waals surface area (Å²) in [5.41, 5.74) is 2.69. The first kappa shape index (κ1) is 22.0. The Labute approximate surface area is 191 Å². The maximum atomic E-state index is 13.4. The maximum absolute atomic E-state index is 13.4. The number of nitrogens with zero attached hydrogens (tertiary/aromatic N) is 4. The van der Waals surface area contributed by atoms with Crippen molar-refractivity contribution in [2.45, 2.75) is 32.0 Å². The Morgan fingerprint density at radius 2 is 1.97 bits per heavy atom. The molecule has 4 rings (SSSR count). The van der Waals surface area contributed by atoms with Gasteiger partial charge in [-0.25, -0.2) is 4.68 Å². The highest BCUT2D eigenvalue weighted by Crippen LogP contribution is 2.24. The van der Waals surface area contributed by atoms with Crippen molar-refractivity contribution in [3.63, 3.8) is 0 Å². The van der Waals surface area contributed by atoms with E-state index < -0.39 is 6.04 Å². The lowest BCUT2D eigenvalue weighted by Gasteiger charge is -2.25. The van der Waals surface area contributed by atoms with Gasteiger partial charge in [-0.15, -0.1) is 5.10 Å². The lowest BCUT2D eigenvalue weighted by Crippen LogP contribution is -2.46. The fourth-order valence-electron chi connectivity index (χ4n) is 3.83. The standard InChI is InChI=1S/C23H24ClN5O3/c1-32-15-18-14-29(27-26-18)20-6-3-2-5-19(20)23(31)28-12-4-7-21(28)22(30)25-13-16-8-10-17(24)11-9-16/h2-3,5-6,8-11,14,21H,4,7,12-13,15H2,1H3,(H,25,30)/t21-/m0/s1. The molecule has 1 aliphatic rings. The molecular formula is C23H24ClN5O3. The van der Waals surface area contributed by atoms with E-state index in [1.165, 1.54) is 0 Å². The Balaban J connectivity index is 1.49. The molecular weight excluding hydrogens is 430 g/mol. The van der Waals surface area contributed by atoms with Gasteiger partial charge in [-0.05, 0) is 42.7 Å². The Bertz CT molecular complexity index is 1100. The Hall–Kier alpha value is -3.23. The average Bonchev–Trinajstić information content (AvgIpc) is 3.48. The molecule has 1 atom stereocenters. The van der Waals surface area contributed by atoms with E-state index >= 15 is 0 Å². The van der Waals surface area contributed by atoms with Crippen LogP contribution in [0.5, 0.6) is 0 Å². The number of methoxy groups -OCH3 is 1. The van der Waals surface area contributed by atoms with Crippen LogP contribution in [0.25, 0.3) is 5.69 Å². The number of rotatable bonds is 7. The van der Waals surface area contributed by atoms with E-state index in [0.717, 1.165) is 12.0 Å². The van der Waals surface area contributed by atoms with Crippen LogP contribution >= 0.6 is 11.6 Å². The van der Waals surface area contributed by atoms with Gasteiger partial charge in [0.1, 0.15) is 11.7 Å². The molecule has 32 heavy (non-hydrogen) atoms. The molecule has 2 amide bonds. The van der Waals surface area contributed by atoms with E-state index in [2.05, 4.69) is 15.6 Å². The first-order valence-corrected chi connectivity index (χ1v) is 10.8. The molecule has 0 bridgehead atoms.